The third-order valence-corrected chi connectivity index (χ3v) is 6.23. The molecule has 1 aliphatic heterocycles. The van der Waals surface area contributed by atoms with Crippen LogP contribution in [0.3, 0.4) is 0 Å². The first-order valence-electron chi connectivity index (χ1n) is 10.8. The summed E-state index contributed by atoms with van der Waals surface area (Å²) in [6.45, 7) is 4.90. The van der Waals surface area contributed by atoms with Crippen LogP contribution < -0.4 is 44.7 Å². The van der Waals surface area contributed by atoms with Gasteiger partial charge in [-0.3, -0.25) is 4.57 Å². The fourth-order valence-corrected chi connectivity index (χ4v) is 4.53. The minimum atomic E-state index is -1.07. The van der Waals surface area contributed by atoms with Crippen LogP contribution in [0.1, 0.15) is 34.9 Å². The number of carbonyl (C=O) groups is 1. The van der Waals surface area contributed by atoms with Crippen molar-refractivity contribution in [1.29, 1.82) is 0 Å². The van der Waals surface area contributed by atoms with Gasteiger partial charge in [0.25, 0.3) is 0 Å². The minimum Gasteiger partial charge on any atom is -0.550 e. The van der Waals surface area contributed by atoms with Crippen molar-refractivity contribution in [3.63, 3.8) is 0 Å². The summed E-state index contributed by atoms with van der Waals surface area (Å²) in [5.74, 6) is -0.0292. The first-order chi connectivity index (χ1) is 15.9. The van der Waals surface area contributed by atoms with Crippen molar-refractivity contribution in [2.75, 3.05) is 11.9 Å². The van der Waals surface area contributed by atoms with Crippen molar-refractivity contribution in [3.8, 4) is 11.4 Å². The second-order valence-electron chi connectivity index (χ2n) is 8.38. The number of carboxylic acids is 1. The number of hydrogen-bond donors (Lipinski definition) is 1. The van der Waals surface area contributed by atoms with E-state index in [9.17, 15) is 14.3 Å². The van der Waals surface area contributed by atoms with E-state index in [1.54, 1.807) is 6.07 Å². The maximum Gasteiger partial charge on any atom is 1.00 e. The van der Waals surface area contributed by atoms with Gasteiger partial charge in [-0.15, -0.1) is 0 Å². The fourth-order valence-electron chi connectivity index (χ4n) is 4.53. The van der Waals surface area contributed by atoms with Gasteiger partial charge in [0.2, 0.25) is 0 Å². The number of aryl methyl sites for hydroxylation is 1. The van der Waals surface area contributed by atoms with Gasteiger partial charge in [-0.05, 0) is 55.7 Å². The molecular weight excluding hydrogens is 444 g/mol. The maximum absolute atomic E-state index is 13.9. The number of aliphatic carboxylic acids is 1. The number of ether oxygens (including phenoxy) is 1. The zero-order chi connectivity index (χ0) is 23.1. The molecule has 5 rings (SSSR count). The molecule has 1 aliphatic rings. The summed E-state index contributed by atoms with van der Waals surface area (Å²) in [4.78, 5) is 15.5. The average molecular weight is 467 g/mol. The topological polar surface area (TPSA) is 79.2 Å². The molecule has 0 unspecified atom stereocenters. The first-order valence-corrected chi connectivity index (χ1v) is 10.8. The molecule has 4 aromatic rings. The summed E-state index contributed by atoms with van der Waals surface area (Å²) in [6, 6.07) is 16.4. The molecule has 0 saturated carbocycles. The van der Waals surface area contributed by atoms with Gasteiger partial charge in [-0.25, -0.2) is 9.37 Å². The first kappa shape index (κ1) is 24.3. The smallest absolute Gasteiger partial charge is 0.550 e. The third kappa shape index (κ3) is 4.56. The second kappa shape index (κ2) is 9.78. The largest absolute Gasteiger partial charge is 1.00 e. The Morgan fingerprint density at radius 2 is 2.03 bits per heavy atom. The number of halogens is 1. The van der Waals surface area contributed by atoms with Gasteiger partial charge < -0.3 is 20.0 Å². The number of imidazole rings is 1. The van der Waals surface area contributed by atoms with Crippen molar-refractivity contribution >= 4 is 22.7 Å². The second-order valence-corrected chi connectivity index (χ2v) is 8.38. The van der Waals surface area contributed by atoms with Gasteiger partial charge in [0.15, 0.2) is 0 Å². The molecule has 0 aliphatic carbocycles. The van der Waals surface area contributed by atoms with Crippen molar-refractivity contribution in [1.82, 2.24) is 9.55 Å². The number of benzene rings is 3. The monoisotopic (exact) mass is 467 g/mol. The molecule has 3 aromatic carbocycles. The van der Waals surface area contributed by atoms with Crippen LogP contribution in [0.15, 0.2) is 54.6 Å². The molecule has 0 saturated heterocycles. The quantitative estimate of drug-likeness (QED) is 0.429. The maximum atomic E-state index is 13.9. The molecular formula is C26H23FN3NaO3. The molecule has 1 atom stereocenters. The number of anilines is 1. The Morgan fingerprint density at radius 1 is 1.21 bits per heavy atom. The third-order valence-electron chi connectivity index (χ3n) is 6.23. The van der Waals surface area contributed by atoms with E-state index in [4.69, 9.17) is 4.74 Å². The minimum absolute atomic E-state index is 0. The van der Waals surface area contributed by atoms with Crippen LogP contribution in [0.2, 0.25) is 0 Å². The predicted octanol–water partition coefficient (Wildman–Crippen LogP) is 1.01. The Morgan fingerprint density at radius 3 is 2.82 bits per heavy atom. The Bertz CT molecular complexity index is 1390. The number of nitrogens with zero attached hydrogens (tertiary/aromatic N) is 2. The normalized spacial score (nSPS) is 14.4. The van der Waals surface area contributed by atoms with E-state index in [-0.39, 0.29) is 47.7 Å². The van der Waals surface area contributed by atoms with E-state index in [1.165, 1.54) is 12.1 Å². The predicted molar refractivity (Wildman–Crippen MR) is 122 cm³/mol. The van der Waals surface area contributed by atoms with Gasteiger partial charge in [0.1, 0.15) is 17.4 Å². The summed E-state index contributed by atoms with van der Waals surface area (Å²) in [5.41, 5.74) is 6.41. The molecule has 0 radical (unpaired) electrons. The Kier molecular flexibility index (Phi) is 6.98. The van der Waals surface area contributed by atoms with E-state index >= 15 is 0 Å². The van der Waals surface area contributed by atoms with Gasteiger partial charge in [0, 0.05) is 41.8 Å². The molecule has 8 heteroatoms. The van der Waals surface area contributed by atoms with Crippen LogP contribution in [0.4, 0.5) is 10.1 Å². The van der Waals surface area contributed by atoms with Crippen LogP contribution in [-0.2, 0) is 11.3 Å². The summed E-state index contributed by atoms with van der Waals surface area (Å²) in [5, 5.41) is 14.4. The SMILES string of the molecule is Cc1c(CNc2ccc3c(c2)OC[C@H]3CC(=O)[O-])cccc1-n1c(C)nc2ccc(F)cc21.[Na+]. The molecule has 0 spiro atoms. The number of hydrogen-bond acceptors (Lipinski definition) is 5. The van der Waals surface area contributed by atoms with Crippen molar-refractivity contribution in [2.45, 2.75) is 32.7 Å². The van der Waals surface area contributed by atoms with E-state index in [2.05, 4.69) is 16.4 Å². The van der Waals surface area contributed by atoms with E-state index < -0.39 is 5.97 Å². The van der Waals surface area contributed by atoms with Crippen LogP contribution in [0.25, 0.3) is 16.7 Å². The summed E-state index contributed by atoms with van der Waals surface area (Å²) < 4.78 is 21.6. The average Bonchev–Trinajstić information content (AvgIpc) is 3.32. The van der Waals surface area contributed by atoms with Crippen LogP contribution in [-0.4, -0.2) is 22.1 Å². The molecule has 6 nitrogen and oxygen atoms in total. The number of rotatable bonds is 6. The zero-order valence-corrected chi connectivity index (χ0v) is 21.4. The molecule has 34 heavy (non-hydrogen) atoms. The van der Waals surface area contributed by atoms with Crippen molar-refractivity contribution < 1.29 is 48.6 Å². The molecule has 168 valence electrons. The van der Waals surface area contributed by atoms with Gasteiger partial charge in [0.05, 0.1) is 23.3 Å². The van der Waals surface area contributed by atoms with E-state index in [0.717, 1.165) is 44.9 Å². The summed E-state index contributed by atoms with van der Waals surface area (Å²) in [7, 11) is 0. The van der Waals surface area contributed by atoms with Crippen LogP contribution >= 0.6 is 0 Å². The molecule has 1 aromatic heterocycles. The molecule has 0 bridgehead atoms. The van der Waals surface area contributed by atoms with Crippen LogP contribution in [0.5, 0.6) is 5.75 Å². The zero-order valence-electron chi connectivity index (χ0n) is 19.4. The van der Waals surface area contributed by atoms with Crippen LogP contribution in [0, 0.1) is 19.7 Å². The molecule has 2 heterocycles. The van der Waals surface area contributed by atoms with Crippen molar-refractivity contribution in [2.24, 2.45) is 0 Å². The Balaban J connectivity index is 0.00000274. The van der Waals surface area contributed by atoms with Gasteiger partial charge in [-0.1, -0.05) is 18.2 Å². The molecule has 1 N–H and O–H groups in total. The van der Waals surface area contributed by atoms with E-state index in [0.29, 0.717) is 18.9 Å². The van der Waals surface area contributed by atoms with Crippen molar-refractivity contribution in [3.05, 3.63) is 82.9 Å². The number of carboxylic acid groups (broad SMARTS) is 1. The van der Waals surface area contributed by atoms with Gasteiger partial charge >= 0.3 is 29.6 Å². The number of nitrogens with one attached hydrogen (secondary N) is 1. The standard InChI is InChI=1S/C26H24FN3O3.Na/c1-15-17(13-28-20-7-8-21-18(10-26(31)32)14-33-25(21)12-20)4-3-5-23(15)30-16(2)29-22-9-6-19(27)11-24(22)30;/h3-9,11-12,18,28H,10,13-14H2,1-2H3,(H,31,32);/q;+1/p-1/t18-;/m1./s1. The fraction of sp³-hybridized carbons (Fsp3) is 0.231. The molecule has 0 fully saturated rings. The Labute approximate surface area is 219 Å². The van der Waals surface area contributed by atoms with E-state index in [1.807, 2.05) is 48.7 Å². The number of carbonyl (C=O) groups excluding carboxylic acids is 1. The Hall–Kier alpha value is -2.87. The molecule has 0 amide bonds. The summed E-state index contributed by atoms with van der Waals surface area (Å²) in [6.07, 6.45) is -0.0436. The number of aromatic nitrogens is 2. The summed E-state index contributed by atoms with van der Waals surface area (Å²) >= 11 is 0. The van der Waals surface area contributed by atoms with Gasteiger partial charge in [-0.2, -0.15) is 0 Å². The number of fused-ring (bicyclic) bond motifs is 2.